The molecular formula is C13H18ClN3O4. The molecule has 0 aromatic heterocycles. The number of hydrogen-bond acceptors (Lipinski definition) is 5. The Hall–Kier alpha value is -1.86. The Labute approximate surface area is 127 Å². The van der Waals surface area contributed by atoms with E-state index in [1.807, 2.05) is 0 Å². The molecule has 1 aromatic carbocycles. The molecule has 0 aliphatic carbocycles. The van der Waals surface area contributed by atoms with Crippen LogP contribution in [0.25, 0.3) is 0 Å². The zero-order valence-electron chi connectivity index (χ0n) is 12.1. The highest BCUT2D eigenvalue weighted by molar-refractivity contribution is 6.34. The van der Waals surface area contributed by atoms with E-state index < -0.39 is 10.8 Å². The largest absolute Gasteiger partial charge is 0.380 e. The van der Waals surface area contributed by atoms with Crippen molar-refractivity contribution in [1.82, 2.24) is 5.32 Å². The summed E-state index contributed by atoms with van der Waals surface area (Å²) in [6.07, 6.45) is -0.152. The highest BCUT2D eigenvalue weighted by Gasteiger charge is 2.21. The number of benzene rings is 1. The molecule has 116 valence electrons. The molecular weight excluding hydrogens is 298 g/mol. The topological polar surface area (TPSA) is 93.5 Å². The molecule has 0 spiro atoms. The first-order valence-corrected chi connectivity index (χ1v) is 6.81. The molecule has 1 unspecified atom stereocenters. The number of nitrogens with one attached hydrogen (secondary N) is 2. The Bertz CT molecular complexity index is 536. The number of carbonyl (C=O) groups is 1. The lowest BCUT2D eigenvalue weighted by molar-refractivity contribution is -0.384. The van der Waals surface area contributed by atoms with Gasteiger partial charge in [0.1, 0.15) is 5.69 Å². The second-order valence-corrected chi connectivity index (χ2v) is 4.80. The van der Waals surface area contributed by atoms with E-state index in [0.29, 0.717) is 13.1 Å². The molecule has 1 rings (SSSR count). The van der Waals surface area contributed by atoms with Gasteiger partial charge in [0.05, 0.1) is 16.0 Å². The van der Waals surface area contributed by atoms with E-state index in [1.165, 1.54) is 19.2 Å². The summed E-state index contributed by atoms with van der Waals surface area (Å²) in [5.41, 5.74) is 0.122. The van der Waals surface area contributed by atoms with Crippen LogP contribution in [0.5, 0.6) is 0 Å². The number of rotatable bonds is 7. The van der Waals surface area contributed by atoms with E-state index in [0.717, 1.165) is 0 Å². The predicted octanol–water partition coefficient (Wildman–Crippen LogP) is 2.44. The summed E-state index contributed by atoms with van der Waals surface area (Å²) >= 11 is 6.02. The quantitative estimate of drug-likeness (QED) is 0.595. The predicted molar refractivity (Wildman–Crippen MR) is 81.1 cm³/mol. The fourth-order valence-corrected chi connectivity index (χ4v) is 1.92. The van der Waals surface area contributed by atoms with Crippen molar-refractivity contribution in [2.24, 2.45) is 0 Å². The second kappa shape index (κ2) is 7.80. The normalized spacial score (nSPS) is 11.8. The van der Waals surface area contributed by atoms with Crippen LogP contribution < -0.4 is 10.6 Å². The summed E-state index contributed by atoms with van der Waals surface area (Å²) in [5.74, 6) is -0.438. The highest BCUT2D eigenvalue weighted by Crippen LogP contribution is 2.33. The second-order valence-electron chi connectivity index (χ2n) is 4.40. The maximum absolute atomic E-state index is 12.0. The molecule has 21 heavy (non-hydrogen) atoms. The van der Waals surface area contributed by atoms with Crippen molar-refractivity contribution < 1.29 is 14.5 Å². The molecule has 1 atom stereocenters. The number of nitro groups is 1. The Morgan fingerprint density at radius 3 is 2.71 bits per heavy atom. The van der Waals surface area contributed by atoms with Crippen LogP contribution in [0, 0.1) is 10.1 Å². The van der Waals surface area contributed by atoms with Crippen molar-refractivity contribution in [3.8, 4) is 0 Å². The van der Waals surface area contributed by atoms with Gasteiger partial charge in [-0.1, -0.05) is 11.6 Å². The number of nitrogens with zero attached hydrogens (tertiary/aromatic N) is 1. The van der Waals surface area contributed by atoms with Crippen LogP contribution >= 0.6 is 11.6 Å². The lowest BCUT2D eigenvalue weighted by atomic mass is 10.1. The molecule has 2 N–H and O–H groups in total. The third kappa shape index (κ3) is 4.57. The van der Waals surface area contributed by atoms with Crippen LogP contribution in [0.2, 0.25) is 5.02 Å². The number of amides is 1. The van der Waals surface area contributed by atoms with E-state index in [9.17, 15) is 14.9 Å². The number of anilines is 1. The lowest BCUT2D eigenvalue weighted by Crippen LogP contribution is -2.31. The molecule has 0 saturated heterocycles. The van der Waals surface area contributed by atoms with Crippen molar-refractivity contribution in [1.29, 1.82) is 0 Å². The summed E-state index contributed by atoms with van der Waals surface area (Å²) in [5, 5.41) is 16.7. The molecule has 0 saturated carbocycles. The van der Waals surface area contributed by atoms with Crippen LogP contribution in [-0.2, 0) is 4.74 Å². The Morgan fingerprint density at radius 1 is 1.52 bits per heavy atom. The zero-order valence-corrected chi connectivity index (χ0v) is 12.9. The first kappa shape index (κ1) is 17.2. The molecule has 0 aliphatic rings. The molecule has 0 fully saturated rings. The molecule has 7 nitrogen and oxygen atoms in total. The van der Waals surface area contributed by atoms with E-state index in [4.69, 9.17) is 16.3 Å². The first-order valence-electron chi connectivity index (χ1n) is 6.43. The van der Waals surface area contributed by atoms with Gasteiger partial charge in [-0.05, 0) is 19.9 Å². The molecule has 8 heteroatoms. The molecule has 0 heterocycles. The summed E-state index contributed by atoms with van der Waals surface area (Å²) in [6, 6.07) is 2.61. The van der Waals surface area contributed by atoms with Gasteiger partial charge in [-0.3, -0.25) is 14.9 Å². The summed E-state index contributed by atoms with van der Waals surface area (Å²) in [7, 11) is 1.53. The average Bonchev–Trinajstić information content (AvgIpc) is 2.45. The maximum atomic E-state index is 12.0. The Balaban J connectivity index is 3.04. The fraction of sp³-hybridized carbons (Fsp3) is 0.462. The zero-order chi connectivity index (χ0) is 16.0. The van der Waals surface area contributed by atoms with Crippen LogP contribution in [0.3, 0.4) is 0 Å². The standard InChI is InChI=1S/C13H18ClN3O4/c1-4-15-12-10(14)5-9(6-11(12)17(19)20)13(18)16-7-8(2)21-3/h5-6,8,15H,4,7H2,1-3H3,(H,16,18). The van der Waals surface area contributed by atoms with Gasteiger partial charge in [-0.25, -0.2) is 0 Å². The van der Waals surface area contributed by atoms with Crippen LogP contribution in [-0.4, -0.2) is 37.1 Å². The van der Waals surface area contributed by atoms with Gasteiger partial charge in [0.2, 0.25) is 0 Å². The number of halogens is 1. The fourth-order valence-electron chi connectivity index (χ4n) is 1.64. The average molecular weight is 316 g/mol. The van der Waals surface area contributed by atoms with Gasteiger partial charge in [0, 0.05) is 31.8 Å². The maximum Gasteiger partial charge on any atom is 0.294 e. The molecule has 0 bridgehead atoms. The van der Waals surface area contributed by atoms with Gasteiger partial charge in [-0.15, -0.1) is 0 Å². The Morgan fingerprint density at radius 2 is 2.19 bits per heavy atom. The van der Waals surface area contributed by atoms with Gasteiger partial charge in [0.25, 0.3) is 11.6 Å². The van der Waals surface area contributed by atoms with Crippen LogP contribution in [0.15, 0.2) is 12.1 Å². The van der Waals surface area contributed by atoms with Crippen LogP contribution in [0.4, 0.5) is 11.4 Å². The summed E-state index contributed by atoms with van der Waals surface area (Å²) < 4.78 is 5.01. The van der Waals surface area contributed by atoms with Crippen molar-refractivity contribution in [3.63, 3.8) is 0 Å². The highest BCUT2D eigenvalue weighted by atomic mass is 35.5. The minimum absolute atomic E-state index is 0.135. The minimum atomic E-state index is -0.571. The summed E-state index contributed by atoms with van der Waals surface area (Å²) in [6.45, 7) is 4.38. The monoisotopic (exact) mass is 315 g/mol. The third-order valence-electron chi connectivity index (χ3n) is 2.83. The number of carbonyl (C=O) groups excluding carboxylic acids is 1. The van der Waals surface area contributed by atoms with Crippen LogP contribution in [0.1, 0.15) is 24.2 Å². The van der Waals surface area contributed by atoms with Crippen molar-refractivity contribution in [2.45, 2.75) is 20.0 Å². The van der Waals surface area contributed by atoms with Crippen molar-refractivity contribution >= 4 is 28.9 Å². The minimum Gasteiger partial charge on any atom is -0.380 e. The van der Waals surface area contributed by atoms with E-state index in [1.54, 1.807) is 13.8 Å². The number of hydrogen-bond donors (Lipinski definition) is 2. The molecule has 0 radical (unpaired) electrons. The molecule has 0 aliphatic heterocycles. The summed E-state index contributed by atoms with van der Waals surface area (Å²) in [4.78, 5) is 22.5. The lowest BCUT2D eigenvalue weighted by Gasteiger charge is -2.12. The number of methoxy groups -OCH3 is 1. The van der Waals surface area contributed by atoms with Gasteiger partial charge < -0.3 is 15.4 Å². The first-order chi connectivity index (χ1) is 9.90. The van der Waals surface area contributed by atoms with Gasteiger partial charge in [-0.2, -0.15) is 0 Å². The van der Waals surface area contributed by atoms with Gasteiger partial charge in [0.15, 0.2) is 0 Å². The van der Waals surface area contributed by atoms with E-state index in [2.05, 4.69) is 10.6 Å². The van der Waals surface area contributed by atoms with E-state index >= 15 is 0 Å². The Kier molecular flexibility index (Phi) is 6.39. The molecule has 1 aromatic rings. The number of ether oxygens (including phenoxy) is 1. The smallest absolute Gasteiger partial charge is 0.294 e. The SMILES string of the molecule is CCNc1c(Cl)cc(C(=O)NCC(C)OC)cc1[N+](=O)[O-]. The molecule has 1 amide bonds. The van der Waals surface area contributed by atoms with Crippen molar-refractivity contribution in [2.75, 3.05) is 25.5 Å². The van der Waals surface area contributed by atoms with E-state index in [-0.39, 0.29) is 28.1 Å². The van der Waals surface area contributed by atoms with Gasteiger partial charge >= 0.3 is 0 Å². The number of nitro benzene ring substituents is 1. The van der Waals surface area contributed by atoms with Crippen molar-refractivity contribution in [3.05, 3.63) is 32.8 Å². The third-order valence-corrected chi connectivity index (χ3v) is 3.13.